The van der Waals surface area contributed by atoms with Crippen molar-refractivity contribution < 1.29 is 0 Å². The first-order valence-electron chi connectivity index (χ1n) is 11.9. The molecule has 1 aliphatic heterocycles. The third-order valence-electron chi connectivity index (χ3n) is 8.02. The van der Waals surface area contributed by atoms with Gasteiger partial charge in [-0.05, 0) is 86.6 Å². The Morgan fingerprint density at radius 1 is 1.12 bits per heavy atom. The van der Waals surface area contributed by atoms with Crippen LogP contribution in [0.4, 0.5) is 11.6 Å². The first-order chi connectivity index (χ1) is 15.7. The molecule has 32 heavy (non-hydrogen) atoms. The molecule has 6 nitrogen and oxygen atoms in total. The monoisotopic (exact) mass is 424 g/mol. The molecule has 1 aromatic carbocycles. The number of rotatable bonds is 4. The van der Waals surface area contributed by atoms with E-state index in [1.807, 2.05) is 0 Å². The van der Waals surface area contributed by atoms with Crippen LogP contribution >= 0.6 is 0 Å². The third kappa shape index (κ3) is 2.96. The Balaban J connectivity index is 1.05. The van der Waals surface area contributed by atoms with E-state index >= 15 is 0 Å². The molecule has 2 aliphatic carbocycles. The number of aromatic nitrogens is 4. The van der Waals surface area contributed by atoms with Crippen molar-refractivity contribution in [2.24, 2.45) is 5.92 Å². The maximum Gasteiger partial charge on any atom is 0.145 e. The summed E-state index contributed by atoms with van der Waals surface area (Å²) in [6.07, 6.45) is 13.5. The molecule has 2 fully saturated rings. The van der Waals surface area contributed by atoms with Crippen LogP contribution in [0, 0.1) is 5.92 Å². The molecule has 3 aromatic heterocycles. The van der Waals surface area contributed by atoms with Crippen molar-refractivity contribution in [3.05, 3.63) is 54.0 Å². The second-order valence-electron chi connectivity index (χ2n) is 10.2. The average molecular weight is 425 g/mol. The van der Waals surface area contributed by atoms with Gasteiger partial charge >= 0.3 is 0 Å². The molecule has 2 saturated carbocycles. The van der Waals surface area contributed by atoms with Crippen molar-refractivity contribution in [2.45, 2.75) is 62.9 Å². The van der Waals surface area contributed by atoms with Crippen molar-refractivity contribution in [3.8, 4) is 0 Å². The summed E-state index contributed by atoms with van der Waals surface area (Å²) in [4.78, 5) is 13.6. The maximum absolute atomic E-state index is 6.02. The summed E-state index contributed by atoms with van der Waals surface area (Å²) in [7, 11) is 0. The van der Waals surface area contributed by atoms with Crippen LogP contribution in [0.15, 0.2) is 42.9 Å². The van der Waals surface area contributed by atoms with Gasteiger partial charge in [-0.1, -0.05) is 12.1 Å². The molecule has 3 aliphatic rings. The number of hydrogen-bond donors (Lipinski definition) is 2. The van der Waals surface area contributed by atoms with Gasteiger partial charge in [-0.15, -0.1) is 0 Å². The molecule has 4 aromatic rings. The fraction of sp³-hybridized carbons (Fsp3) is 0.423. The van der Waals surface area contributed by atoms with E-state index in [-0.39, 0.29) is 0 Å². The zero-order valence-corrected chi connectivity index (χ0v) is 18.2. The number of fused-ring (bicyclic) bond motifs is 3. The SMILES string of the molecule is Nc1ncnc2c1ccn2C1CCC(CCc2ccc3cc4c(nc3c2)NC2(CC2)C4)C1. The van der Waals surface area contributed by atoms with Crippen LogP contribution in [0.2, 0.25) is 0 Å². The predicted octanol–water partition coefficient (Wildman–Crippen LogP) is 5.04. The van der Waals surface area contributed by atoms with Crippen LogP contribution in [-0.4, -0.2) is 25.1 Å². The van der Waals surface area contributed by atoms with Gasteiger partial charge in [0, 0.05) is 23.2 Å². The van der Waals surface area contributed by atoms with E-state index < -0.39 is 0 Å². The van der Waals surface area contributed by atoms with E-state index in [0.717, 1.165) is 41.1 Å². The van der Waals surface area contributed by atoms with Crippen molar-refractivity contribution in [1.82, 2.24) is 19.5 Å². The maximum atomic E-state index is 6.02. The summed E-state index contributed by atoms with van der Waals surface area (Å²) < 4.78 is 2.31. The van der Waals surface area contributed by atoms with Gasteiger partial charge in [-0.3, -0.25) is 0 Å². The molecule has 4 heterocycles. The molecule has 0 radical (unpaired) electrons. The Hall–Kier alpha value is -3.15. The lowest BCUT2D eigenvalue weighted by molar-refractivity contribution is 0.461. The van der Waals surface area contributed by atoms with Crippen LogP contribution in [0.5, 0.6) is 0 Å². The second-order valence-corrected chi connectivity index (χ2v) is 10.2. The van der Waals surface area contributed by atoms with E-state index in [1.165, 1.54) is 55.0 Å². The zero-order chi connectivity index (χ0) is 21.3. The number of anilines is 2. The molecule has 2 unspecified atom stereocenters. The molecule has 1 spiro atoms. The first-order valence-corrected chi connectivity index (χ1v) is 11.9. The van der Waals surface area contributed by atoms with E-state index in [1.54, 1.807) is 6.33 Å². The van der Waals surface area contributed by atoms with Crippen molar-refractivity contribution in [3.63, 3.8) is 0 Å². The topological polar surface area (TPSA) is 81.7 Å². The number of nitrogen functional groups attached to an aromatic ring is 1. The summed E-state index contributed by atoms with van der Waals surface area (Å²) in [6.45, 7) is 0. The van der Waals surface area contributed by atoms with Gasteiger partial charge in [0.2, 0.25) is 0 Å². The lowest BCUT2D eigenvalue weighted by atomic mass is 9.97. The zero-order valence-electron chi connectivity index (χ0n) is 18.2. The van der Waals surface area contributed by atoms with Gasteiger partial charge in [0.25, 0.3) is 0 Å². The molecular formula is C26H28N6. The first kappa shape index (κ1) is 18.4. The quantitative estimate of drug-likeness (QED) is 0.480. The van der Waals surface area contributed by atoms with Gasteiger partial charge in [0.1, 0.15) is 23.6 Å². The minimum absolute atomic E-state index is 0.345. The van der Waals surface area contributed by atoms with Gasteiger partial charge in [-0.2, -0.15) is 0 Å². The molecule has 2 atom stereocenters. The Kier molecular flexibility index (Phi) is 3.84. The second kappa shape index (κ2) is 6.67. The fourth-order valence-corrected chi connectivity index (χ4v) is 5.99. The molecule has 0 saturated heterocycles. The van der Waals surface area contributed by atoms with E-state index in [0.29, 0.717) is 17.4 Å². The van der Waals surface area contributed by atoms with Crippen LogP contribution < -0.4 is 11.1 Å². The number of nitrogens with one attached hydrogen (secondary N) is 1. The van der Waals surface area contributed by atoms with Gasteiger partial charge in [-0.25, -0.2) is 15.0 Å². The van der Waals surface area contributed by atoms with Crippen LogP contribution in [-0.2, 0) is 12.8 Å². The van der Waals surface area contributed by atoms with E-state index in [4.69, 9.17) is 10.7 Å². The minimum atomic E-state index is 0.345. The van der Waals surface area contributed by atoms with Crippen LogP contribution in [0.25, 0.3) is 21.9 Å². The smallest absolute Gasteiger partial charge is 0.145 e. The molecule has 6 heteroatoms. The highest BCUT2D eigenvalue weighted by Gasteiger charge is 2.47. The summed E-state index contributed by atoms with van der Waals surface area (Å²) in [6, 6.07) is 11.8. The summed E-state index contributed by atoms with van der Waals surface area (Å²) in [5.74, 6) is 2.44. The number of nitrogens with zero attached hydrogens (tertiary/aromatic N) is 4. The van der Waals surface area contributed by atoms with Crippen LogP contribution in [0.3, 0.4) is 0 Å². The van der Waals surface area contributed by atoms with Gasteiger partial charge in [0.15, 0.2) is 0 Å². The molecule has 3 N–H and O–H groups in total. The Morgan fingerprint density at radius 2 is 2.06 bits per heavy atom. The lowest BCUT2D eigenvalue weighted by Gasteiger charge is -2.14. The predicted molar refractivity (Wildman–Crippen MR) is 128 cm³/mol. The molecule has 0 bridgehead atoms. The van der Waals surface area contributed by atoms with Crippen molar-refractivity contribution >= 4 is 33.6 Å². The highest BCUT2D eigenvalue weighted by atomic mass is 15.1. The Bertz CT molecular complexity index is 1350. The highest BCUT2D eigenvalue weighted by Crippen LogP contribution is 2.48. The molecule has 7 rings (SSSR count). The number of hydrogen-bond acceptors (Lipinski definition) is 5. The minimum Gasteiger partial charge on any atom is -0.383 e. The van der Waals surface area contributed by atoms with Crippen LogP contribution in [0.1, 0.15) is 55.7 Å². The van der Waals surface area contributed by atoms with Crippen molar-refractivity contribution in [2.75, 3.05) is 11.1 Å². The number of benzene rings is 1. The standard InChI is InChI=1S/C26H28N6/c27-23-21-7-10-32(25(21)29-15-28-23)20-6-4-16(11-20)1-2-17-3-5-18-13-19-14-26(8-9-26)31-24(19)30-22(18)12-17/h3,5,7,10,12-13,15-16,20H,1-2,4,6,8-9,11,14H2,(H,30,31)(H2,27,28,29). The number of pyridine rings is 1. The molecular weight excluding hydrogens is 396 g/mol. The Labute approximate surface area is 187 Å². The summed E-state index contributed by atoms with van der Waals surface area (Å²) >= 11 is 0. The Morgan fingerprint density at radius 3 is 2.97 bits per heavy atom. The summed E-state index contributed by atoms with van der Waals surface area (Å²) in [5, 5.41) is 5.92. The highest BCUT2D eigenvalue weighted by molar-refractivity contribution is 5.86. The third-order valence-corrected chi connectivity index (χ3v) is 8.02. The normalized spacial score (nSPS) is 23.1. The fourth-order valence-electron chi connectivity index (χ4n) is 5.99. The number of nitrogens with two attached hydrogens (primary N) is 1. The number of aryl methyl sites for hydroxylation is 1. The van der Waals surface area contributed by atoms with Crippen molar-refractivity contribution in [1.29, 1.82) is 0 Å². The lowest BCUT2D eigenvalue weighted by Crippen LogP contribution is -2.16. The largest absolute Gasteiger partial charge is 0.383 e. The average Bonchev–Trinajstić information content (AvgIpc) is 3.14. The molecule has 0 amide bonds. The summed E-state index contributed by atoms with van der Waals surface area (Å²) in [5.41, 5.74) is 11.3. The van der Waals surface area contributed by atoms with Gasteiger partial charge < -0.3 is 15.6 Å². The van der Waals surface area contributed by atoms with E-state index in [9.17, 15) is 0 Å². The van der Waals surface area contributed by atoms with E-state index in [2.05, 4.69) is 56.4 Å². The van der Waals surface area contributed by atoms with Gasteiger partial charge in [0.05, 0.1) is 10.9 Å². The molecule has 162 valence electrons.